The number of hydrazone groups is 1. The molecular weight excluding hydrogens is 307 g/mol. The number of carbonyl (C=O) groups excluding carboxylic acids is 1. The van der Waals surface area contributed by atoms with E-state index in [4.69, 9.17) is 0 Å². The van der Waals surface area contributed by atoms with E-state index < -0.39 is 0 Å². The minimum absolute atomic E-state index is 0.294. The van der Waals surface area contributed by atoms with Crippen LogP contribution in [0.4, 0.5) is 4.39 Å². The van der Waals surface area contributed by atoms with Crippen LogP contribution in [0.2, 0.25) is 0 Å². The van der Waals surface area contributed by atoms with Crippen LogP contribution in [0.5, 0.6) is 0 Å². The van der Waals surface area contributed by atoms with Gasteiger partial charge in [0.2, 0.25) is 0 Å². The van der Waals surface area contributed by atoms with Gasteiger partial charge in [-0.25, -0.2) is 9.82 Å². The second-order valence-electron chi connectivity index (χ2n) is 5.27. The van der Waals surface area contributed by atoms with Crippen molar-refractivity contribution in [3.8, 4) is 11.1 Å². The van der Waals surface area contributed by atoms with Crippen LogP contribution in [0.3, 0.4) is 0 Å². The molecule has 0 radical (unpaired) electrons. The van der Waals surface area contributed by atoms with Crippen LogP contribution in [0, 0.1) is 12.7 Å². The number of amides is 1. The lowest BCUT2D eigenvalue weighted by atomic mass is 10.1. The van der Waals surface area contributed by atoms with Crippen LogP contribution >= 0.6 is 0 Å². The Labute approximate surface area is 138 Å². The van der Waals surface area contributed by atoms with Gasteiger partial charge in [-0.1, -0.05) is 29.8 Å². The number of carbonyl (C=O) groups is 1. The molecule has 0 saturated heterocycles. The first-order valence-corrected chi connectivity index (χ1v) is 7.33. The zero-order valence-electron chi connectivity index (χ0n) is 13.0. The zero-order valence-corrected chi connectivity index (χ0v) is 13.0. The largest absolute Gasteiger partial charge is 0.276 e. The fourth-order valence-corrected chi connectivity index (χ4v) is 2.26. The molecule has 6 heteroatoms. The number of hydrogen-bond acceptors (Lipinski definition) is 3. The topological polar surface area (TPSA) is 70.1 Å². The van der Waals surface area contributed by atoms with Crippen molar-refractivity contribution in [1.29, 1.82) is 0 Å². The number of H-pyrrole nitrogens is 1. The third-order valence-electron chi connectivity index (χ3n) is 3.46. The molecule has 0 aliphatic carbocycles. The summed E-state index contributed by atoms with van der Waals surface area (Å²) in [5.41, 5.74) is 6.20. The molecule has 3 rings (SSSR count). The normalized spacial score (nSPS) is 10.9. The van der Waals surface area contributed by atoms with Crippen molar-refractivity contribution in [3.05, 3.63) is 77.4 Å². The van der Waals surface area contributed by atoms with E-state index in [9.17, 15) is 9.18 Å². The summed E-state index contributed by atoms with van der Waals surface area (Å²) < 4.78 is 13.0. The minimum atomic E-state index is -0.303. The Hall–Kier alpha value is -3.28. The van der Waals surface area contributed by atoms with Gasteiger partial charge in [0.1, 0.15) is 5.82 Å². The number of halogens is 1. The fourth-order valence-electron chi connectivity index (χ4n) is 2.26. The van der Waals surface area contributed by atoms with Gasteiger partial charge < -0.3 is 0 Å². The SMILES string of the molecule is Cc1cccc(C(=O)NN=Cc2[nH]ncc2-c2ccc(F)cc2)c1. The van der Waals surface area contributed by atoms with E-state index in [1.807, 2.05) is 19.1 Å². The maximum absolute atomic E-state index is 13.0. The Morgan fingerprint density at radius 1 is 1.25 bits per heavy atom. The molecule has 0 spiro atoms. The predicted molar refractivity (Wildman–Crippen MR) is 90.2 cm³/mol. The smallest absolute Gasteiger partial charge is 0.271 e. The Balaban J connectivity index is 1.73. The summed E-state index contributed by atoms with van der Waals surface area (Å²) in [5, 5.41) is 10.7. The summed E-state index contributed by atoms with van der Waals surface area (Å²) in [4.78, 5) is 12.0. The van der Waals surface area contributed by atoms with E-state index >= 15 is 0 Å². The van der Waals surface area contributed by atoms with Crippen molar-refractivity contribution >= 4 is 12.1 Å². The number of rotatable bonds is 4. The standard InChI is InChI=1S/C18H15FN4O/c1-12-3-2-4-14(9-12)18(24)23-21-11-17-16(10-20-22-17)13-5-7-15(19)8-6-13/h2-11H,1H3,(H,20,22)(H,23,24). The number of aromatic amines is 1. The van der Waals surface area contributed by atoms with Gasteiger partial charge in [0.05, 0.1) is 18.1 Å². The Kier molecular flexibility index (Phi) is 4.47. The van der Waals surface area contributed by atoms with Crippen LogP contribution in [0.15, 0.2) is 59.8 Å². The third-order valence-corrected chi connectivity index (χ3v) is 3.46. The van der Waals surface area contributed by atoms with E-state index in [-0.39, 0.29) is 11.7 Å². The highest BCUT2D eigenvalue weighted by atomic mass is 19.1. The molecule has 0 bridgehead atoms. The number of aryl methyl sites for hydroxylation is 1. The van der Waals surface area contributed by atoms with Gasteiger partial charge >= 0.3 is 0 Å². The van der Waals surface area contributed by atoms with Crippen molar-refractivity contribution in [2.45, 2.75) is 6.92 Å². The van der Waals surface area contributed by atoms with Gasteiger partial charge in [0, 0.05) is 11.1 Å². The van der Waals surface area contributed by atoms with E-state index in [1.165, 1.54) is 18.3 Å². The lowest BCUT2D eigenvalue weighted by molar-refractivity contribution is 0.0955. The molecule has 0 fully saturated rings. The number of aromatic nitrogens is 2. The highest BCUT2D eigenvalue weighted by molar-refractivity contribution is 5.95. The maximum Gasteiger partial charge on any atom is 0.271 e. The van der Waals surface area contributed by atoms with E-state index in [0.717, 1.165) is 16.7 Å². The highest BCUT2D eigenvalue weighted by Crippen LogP contribution is 2.21. The van der Waals surface area contributed by atoms with Gasteiger partial charge in [-0.2, -0.15) is 10.2 Å². The van der Waals surface area contributed by atoms with Crippen molar-refractivity contribution < 1.29 is 9.18 Å². The molecule has 1 amide bonds. The average Bonchev–Trinajstić information content (AvgIpc) is 3.04. The Bertz CT molecular complexity index is 884. The summed E-state index contributed by atoms with van der Waals surface area (Å²) in [6.07, 6.45) is 3.09. The van der Waals surface area contributed by atoms with Crippen molar-refractivity contribution in [2.75, 3.05) is 0 Å². The zero-order chi connectivity index (χ0) is 16.9. The van der Waals surface area contributed by atoms with E-state index in [0.29, 0.717) is 11.3 Å². The van der Waals surface area contributed by atoms with Crippen molar-refractivity contribution in [1.82, 2.24) is 15.6 Å². The monoisotopic (exact) mass is 322 g/mol. The fraction of sp³-hybridized carbons (Fsp3) is 0.0556. The van der Waals surface area contributed by atoms with Gasteiger partial charge in [-0.3, -0.25) is 9.89 Å². The molecule has 0 aliphatic heterocycles. The molecule has 5 nitrogen and oxygen atoms in total. The van der Waals surface area contributed by atoms with Gasteiger partial charge in [0.25, 0.3) is 5.91 Å². The van der Waals surface area contributed by atoms with Crippen LogP contribution < -0.4 is 5.43 Å². The molecule has 2 N–H and O–H groups in total. The molecule has 0 unspecified atom stereocenters. The first-order valence-electron chi connectivity index (χ1n) is 7.33. The van der Waals surface area contributed by atoms with Gasteiger partial charge in [-0.15, -0.1) is 0 Å². The summed E-state index contributed by atoms with van der Waals surface area (Å²) in [5.74, 6) is -0.597. The lowest BCUT2D eigenvalue weighted by Gasteiger charge is -2.01. The van der Waals surface area contributed by atoms with Crippen LogP contribution in [-0.2, 0) is 0 Å². The molecule has 24 heavy (non-hydrogen) atoms. The van der Waals surface area contributed by atoms with Gasteiger partial charge in [-0.05, 0) is 36.8 Å². The van der Waals surface area contributed by atoms with E-state index in [2.05, 4.69) is 20.7 Å². The minimum Gasteiger partial charge on any atom is -0.276 e. The molecule has 0 saturated carbocycles. The number of nitrogens with zero attached hydrogens (tertiary/aromatic N) is 2. The predicted octanol–water partition coefficient (Wildman–Crippen LogP) is 3.29. The van der Waals surface area contributed by atoms with Crippen LogP contribution in [0.25, 0.3) is 11.1 Å². The van der Waals surface area contributed by atoms with Crippen molar-refractivity contribution in [2.24, 2.45) is 5.10 Å². The third kappa shape index (κ3) is 3.55. The summed E-state index contributed by atoms with van der Waals surface area (Å²) in [7, 11) is 0. The molecule has 2 aromatic carbocycles. The van der Waals surface area contributed by atoms with Crippen LogP contribution in [0.1, 0.15) is 21.6 Å². The lowest BCUT2D eigenvalue weighted by Crippen LogP contribution is -2.17. The second-order valence-corrected chi connectivity index (χ2v) is 5.27. The summed E-state index contributed by atoms with van der Waals surface area (Å²) in [6, 6.07) is 13.3. The molecule has 0 atom stereocenters. The summed E-state index contributed by atoms with van der Waals surface area (Å²) >= 11 is 0. The molecule has 1 aromatic heterocycles. The van der Waals surface area contributed by atoms with Gasteiger partial charge in [0.15, 0.2) is 0 Å². The molecular formula is C18H15FN4O. The van der Waals surface area contributed by atoms with E-state index in [1.54, 1.807) is 30.5 Å². The van der Waals surface area contributed by atoms with Crippen LogP contribution in [-0.4, -0.2) is 22.3 Å². The molecule has 120 valence electrons. The molecule has 3 aromatic rings. The van der Waals surface area contributed by atoms with Crippen molar-refractivity contribution in [3.63, 3.8) is 0 Å². The Morgan fingerprint density at radius 2 is 2.04 bits per heavy atom. The average molecular weight is 322 g/mol. The maximum atomic E-state index is 13.0. The first kappa shape index (κ1) is 15.6. The molecule has 1 heterocycles. The molecule has 0 aliphatic rings. The number of nitrogens with one attached hydrogen (secondary N) is 2. The number of hydrogen-bond donors (Lipinski definition) is 2. The first-order chi connectivity index (χ1) is 11.6. The number of benzene rings is 2. The summed E-state index contributed by atoms with van der Waals surface area (Å²) in [6.45, 7) is 1.92. The second kappa shape index (κ2) is 6.87. The Morgan fingerprint density at radius 3 is 2.79 bits per heavy atom. The quantitative estimate of drug-likeness (QED) is 0.571. The highest BCUT2D eigenvalue weighted by Gasteiger charge is 2.07.